The second kappa shape index (κ2) is 6.21. The predicted molar refractivity (Wildman–Crippen MR) is 78.7 cm³/mol. The van der Waals surface area contributed by atoms with E-state index in [0.717, 1.165) is 25.8 Å². The molecule has 1 fully saturated rings. The van der Waals surface area contributed by atoms with E-state index in [2.05, 4.69) is 19.2 Å². The highest BCUT2D eigenvalue weighted by atomic mass is 19.2. The Bertz CT molecular complexity index is 464. The van der Waals surface area contributed by atoms with Gasteiger partial charge in [0.25, 0.3) is 0 Å². The minimum atomic E-state index is -0.701. The first kappa shape index (κ1) is 15.4. The minimum absolute atomic E-state index is 0.0255. The summed E-state index contributed by atoms with van der Waals surface area (Å²) >= 11 is 0. The fraction of sp³-hybridized carbons (Fsp3) is 0.647. The van der Waals surface area contributed by atoms with Gasteiger partial charge in [0, 0.05) is 11.6 Å². The summed E-state index contributed by atoms with van der Waals surface area (Å²) in [4.78, 5) is 0. The van der Waals surface area contributed by atoms with Crippen LogP contribution in [0.2, 0.25) is 0 Å². The molecule has 2 rings (SSSR count). The van der Waals surface area contributed by atoms with Crippen LogP contribution in [0.25, 0.3) is 0 Å². The van der Waals surface area contributed by atoms with Crippen LogP contribution in [0.15, 0.2) is 12.1 Å². The predicted octanol–water partition coefficient (Wildman–Crippen LogP) is 4.89. The van der Waals surface area contributed by atoms with Crippen LogP contribution in [-0.2, 0) is 0 Å². The Morgan fingerprint density at radius 1 is 1.20 bits per heavy atom. The zero-order valence-corrected chi connectivity index (χ0v) is 12.7. The third-order valence-electron chi connectivity index (χ3n) is 4.66. The van der Waals surface area contributed by atoms with E-state index in [1.54, 1.807) is 19.1 Å². The first-order valence-corrected chi connectivity index (χ1v) is 7.67. The number of hydrogen-bond donors (Lipinski definition) is 1. The molecule has 112 valence electrons. The van der Waals surface area contributed by atoms with Gasteiger partial charge < -0.3 is 5.32 Å². The van der Waals surface area contributed by atoms with Crippen LogP contribution in [0.3, 0.4) is 0 Å². The number of rotatable bonds is 5. The lowest BCUT2D eigenvalue weighted by atomic mass is 9.77. The Kier molecular flexibility index (Phi) is 4.79. The summed E-state index contributed by atoms with van der Waals surface area (Å²) in [6.45, 7) is 6.72. The SMILES string of the molecule is CCCNC(c1ccc(C)c(F)c1F)C1(C)CCCC1. The van der Waals surface area contributed by atoms with Crippen molar-refractivity contribution in [1.29, 1.82) is 0 Å². The van der Waals surface area contributed by atoms with E-state index in [0.29, 0.717) is 11.1 Å². The van der Waals surface area contributed by atoms with Gasteiger partial charge in [-0.2, -0.15) is 0 Å². The highest BCUT2D eigenvalue weighted by molar-refractivity contribution is 5.29. The van der Waals surface area contributed by atoms with Gasteiger partial charge in [-0.25, -0.2) is 8.78 Å². The third-order valence-corrected chi connectivity index (χ3v) is 4.66. The molecule has 0 radical (unpaired) electrons. The normalized spacial score (nSPS) is 19.2. The van der Waals surface area contributed by atoms with Crippen molar-refractivity contribution in [3.05, 3.63) is 34.9 Å². The number of nitrogens with one attached hydrogen (secondary N) is 1. The summed E-state index contributed by atoms with van der Waals surface area (Å²) in [7, 11) is 0. The van der Waals surface area contributed by atoms with E-state index in [4.69, 9.17) is 0 Å². The molecule has 0 bridgehead atoms. The lowest BCUT2D eigenvalue weighted by molar-refractivity contribution is 0.217. The van der Waals surface area contributed by atoms with Gasteiger partial charge in [0.15, 0.2) is 11.6 Å². The van der Waals surface area contributed by atoms with Crippen LogP contribution < -0.4 is 5.32 Å². The molecule has 0 amide bonds. The van der Waals surface area contributed by atoms with Crippen molar-refractivity contribution in [3.8, 4) is 0 Å². The average molecular weight is 281 g/mol. The highest BCUT2D eigenvalue weighted by Crippen LogP contribution is 2.47. The van der Waals surface area contributed by atoms with E-state index >= 15 is 0 Å². The maximum absolute atomic E-state index is 14.3. The molecule has 0 heterocycles. The van der Waals surface area contributed by atoms with Crippen LogP contribution >= 0.6 is 0 Å². The van der Waals surface area contributed by atoms with Crippen molar-refractivity contribution in [2.24, 2.45) is 5.41 Å². The molecule has 1 aromatic carbocycles. The zero-order valence-electron chi connectivity index (χ0n) is 12.7. The van der Waals surface area contributed by atoms with Crippen molar-refractivity contribution in [2.75, 3.05) is 6.54 Å². The van der Waals surface area contributed by atoms with Crippen molar-refractivity contribution in [1.82, 2.24) is 5.32 Å². The summed E-state index contributed by atoms with van der Waals surface area (Å²) in [5.41, 5.74) is 0.889. The number of aryl methyl sites for hydroxylation is 1. The van der Waals surface area contributed by atoms with Crippen molar-refractivity contribution < 1.29 is 8.78 Å². The highest BCUT2D eigenvalue weighted by Gasteiger charge is 2.39. The molecule has 0 aliphatic heterocycles. The average Bonchev–Trinajstić information content (AvgIpc) is 2.86. The molecule has 1 aromatic rings. The Hall–Kier alpha value is -0.960. The maximum Gasteiger partial charge on any atom is 0.163 e. The minimum Gasteiger partial charge on any atom is -0.309 e. The van der Waals surface area contributed by atoms with E-state index in [9.17, 15) is 8.78 Å². The molecule has 0 aromatic heterocycles. The van der Waals surface area contributed by atoms with Gasteiger partial charge in [0.1, 0.15) is 0 Å². The van der Waals surface area contributed by atoms with Gasteiger partial charge in [-0.15, -0.1) is 0 Å². The number of halogens is 2. The van der Waals surface area contributed by atoms with Gasteiger partial charge >= 0.3 is 0 Å². The van der Waals surface area contributed by atoms with Gasteiger partial charge in [-0.1, -0.05) is 38.8 Å². The van der Waals surface area contributed by atoms with Crippen LogP contribution in [0.1, 0.15) is 63.1 Å². The number of benzene rings is 1. The molecular weight excluding hydrogens is 256 g/mol. The molecule has 1 aliphatic carbocycles. The van der Waals surface area contributed by atoms with Crippen molar-refractivity contribution in [2.45, 2.75) is 58.9 Å². The molecule has 20 heavy (non-hydrogen) atoms. The number of hydrogen-bond acceptors (Lipinski definition) is 1. The van der Waals surface area contributed by atoms with Gasteiger partial charge in [0.2, 0.25) is 0 Å². The topological polar surface area (TPSA) is 12.0 Å². The van der Waals surface area contributed by atoms with E-state index in [1.807, 2.05) is 0 Å². The first-order valence-electron chi connectivity index (χ1n) is 7.67. The van der Waals surface area contributed by atoms with Crippen molar-refractivity contribution >= 4 is 0 Å². The molecule has 0 spiro atoms. The lowest BCUT2D eigenvalue weighted by Gasteiger charge is -2.35. The van der Waals surface area contributed by atoms with Crippen LogP contribution in [0.5, 0.6) is 0 Å². The third kappa shape index (κ3) is 2.88. The smallest absolute Gasteiger partial charge is 0.163 e. The second-order valence-corrected chi connectivity index (χ2v) is 6.35. The molecule has 3 heteroatoms. The molecule has 0 saturated heterocycles. The molecule has 1 saturated carbocycles. The lowest BCUT2D eigenvalue weighted by Crippen LogP contribution is -2.35. The fourth-order valence-corrected chi connectivity index (χ4v) is 3.38. The monoisotopic (exact) mass is 281 g/mol. The first-order chi connectivity index (χ1) is 9.49. The molecule has 1 nitrogen and oxygen atoms in total. The molecule has 1 atom stereocenters. The largest absolute Gasteiger partial charge is 0.309 e. The van der Waals surface area contributed by atoms with Crippen LogP contribution in [-0.4, -0.2) is 6.54 Å². The van der Waals surface area contributed by atoms with E-state index in [-0.39, 0.29) is 11.5 Å². The summed E-state index contributed by atoms with van der Waals surface area (Å²) in [6, 6.07) is 3.34. The molecule has 1 unspecified atom stereocenters. The van der Waals surface area contributed by atoms with Gasteiger partial charge in [0.05, 0.1) is 0 Å². The van der Waals surface area contributed by atoms with E-state index in [1.165, 1.54) is 12.8 Å². The molecular formula is C17H25F2N. The van der Waals surface area contributed by atoms with Crippen molar-refractivity contribution in [3.63, 3.8) is 0 Å². The summed E-state index contributed by atoms with van der Waals surface area (Å²) < 4.78 is 28.2. The summed E-state index contributed by atoms with van der Waals surface area (Å²) in [5.74, 6) is -1.38. The quantitative estimate of drug-likeness (QED) is 0.810. The second-order valence-electron chi connectivity index (χ2n) is 6.35. The standard InChI is InChI=1S/C17H25F2N/c1-4-11-20-16(17(3)9-5-6-10-17)13-8-7-12(2)14(18)15(13)19/h7-8,16,20H,4-6,9-11H2,1-3H3. The fourth-order valence-electron chi connectivity index (χ4n) is 3.38. The van der Waals surface area contributed by atoms with Crippen LogP contribution in [0.4, 0.5) is 8.78 Å². The van der Waals surface area contributed by atoms with E-state index < -0.39 is 11.6 Å². The maximum atomic E-state index is 14.3. The van der Waals surface area contributed by atoms with Gasteiger partial charge in [-0.05, 0) is 43.7 Å². The Labute approximate surface area is 120 Å². The molecule has 1 N–H and O–H groups in total. The zero-order chi connectivity index (χ0) is 14.8. The summed E-state index contributed by atoms with van der Waals surface area (Å²) in [6.07, 6.45) is 5.49. The molecule has 1 aliphatic rings. The Balaban J connectivity index is 2.38. The Morgan fingerprint density at radius 2 is 1.85 bits per heavy atom. The van der Waals surface area contributed by atoms with Gasteiger partial charge in [-0.3, -0.25) is 0 Å². The Morgan fingerprint density at radius 3 is 2.45 bits per heavy atom. The van der Waals surface area contributed by atoms with Crippen LogP contribution in [0, 0.1) is 24.0 Å². The summed E-state index contributed by atoms with van der Waals surface area (Å²) in [5, 5.41) is 3.45.